The van der Waals surface area contributed by atoms with Crippen LogP contribution < -0.4 is 4.72 Å². The molecule has 35 heavy (non-hydrogen) atoms. The number of aromatic nitrogens is 1. The Hall–Kier alpha value is -2.46. The van der Waals surface area contributed by atoms with Crippen molar-refractivity contribution in [2.75, 3.05) is 0 Å². The predicted molar refractivity (Wildman–Crippen MR) is 126 cm³/mol. The van der Waals surface area contributed by atoms with E-state index in [2.05, 4.69) is 4.72 Å². The molecule has 0 unspecified atom stereocenters. The van der Waals surface area contributed by atoms with Crippen molar-refractivity contribution >= 4 is 20.9 Å². The zero-order valence-electron chi connectivity index (χ0n) is 19.5. The molecule has 2 aromatic carbocycles. The first kappa shape index (κ1) is 25.6. The van der Waals surface area contributed by atoms with Gasteiger partial charge in [-0.05, 0) is 41.5 Å². The first-order chi connectivity index (χ1) is 16.2. The van der Waals surface area contributed by atoms with Crippen molar-refractivity contribution in [1.29, 1.82) is 0 Å². The van der Waals surface area contributed by atoms with Crippen LogP contribution in [0.5, 0.6) is 0 Å². The third-order valence-corrected chi connectivity index (χ3v) is 7.87. The molecule has 1 fully saturated rings. The average molecular weight is 515 g/mol. The molecule has 1 aliphatic carbocycles. The van der Waals surface area contributed by atoms with E-state index in [4.69, 9.17) is 0 Å². The minimum Gasteiger partial charge on any atom is -0.347 e. The first-order valence-corrected chi connectivity index (χ1v) is 12.8. The van der Waals surface area contributed by atoms with Gasteiger partial charge in [0.15, 0.2) is 0 Å². The highest BCUT2D eigenvalue weighted by Crippen LogP contribution is 2.40. The lowest BCUT2D eigenvalue weighted by molar-refractivity contribution is -0.137. The Morgan fingerprint density at radius 2 is 1.71 bits per heavy atom. The summed E-state index contributed by atoms with van der Waals surface area (Å²) in [5, 5.41) is -0.302. The maximum Gasteiger partial charge on any atom is 0.417 e. The van der Waals surface area contributed by atoms with Crippen molar-refractivity contribution < 1.29 is 30.4 Å². The number of rotatable bonds is 7. The number of halogens is 5. The zero-order chi connectivity index (χ0) is 25.8. The van der Waals surface area contributed by atoms with Gasteiger partial charge in [-0.1, -0.05) is 51.1 Å². The second kappa shape index (κ2) is 8.89. The lowest BCUT2D eigenvalue weighted by atomic mass is 9.96. The molecule has 1 atom stereocenters. The van der Waals surface area contributed by atoms with Crippen molar-refractivity contribution in [1.82, 2.24) is 9.29 Å². The maximum absolute atomic E-state index is 14.1. The van der Waals surface area contributed by atoms with Gasteiger partial charge in [-0.2, -0.15) is 13.2 Å². The molecule has 1 saturated carbocycles. The van der Waals surface area contributed by atoms with Gasteiger partial charge in [-0.3, -0.25) is 0 Å². The molecular weight excluding hydrogens is 487 g/mol. The van der Waals surface area contributed by atoms with Gasteiger partial charge in [0, 0.05) is 29.2 Å². The molecular formula is C25H27F5N2O2S. The monoisotopic (exact) mass is 514 g/mol. The summed E-state index contributed by atoms with van der Waals surface area (Å²) < 4.78 is 98.0. The molecule has 0 saturated heterocycles. The van der Waals surface area contributed by atoms with Crippen LogP contribution in [0.25, 0.3) is 22.0 Å². The lowest BCUT2D eigenvalue weighted by Crippen LogP contribution is -2.35. The van der Waals surface area contributed by atoms with Gasteiger partial charge in [0.1, 0.15) is 6.04 Å². The Kier molecular flexibility index (Phi) is 6.51. The van der Waals surface area contributed by atoms with Crippen molar-refractivity contribution in [3.63, 3.8) is 0 Å². The Morgan fingerprint density at radius 3 is 2.29 bits per heavy atom. The highest BCUT2D eigenvalue weighted by atomic mass is 32.2. The van der Waals surface area contributed by atoms with Crippen LogP contribution in [0.2, 0.25) is 0 Å². The van der Waals surface area contributed by atoms with Crippen molar-refractivity contribution in [3.05, 3.63) is 59.8 Å². The van der Waals surface area contributed by atoms with Gasteiger partial charge in [-0.15, -0.1) is 0 Å². The van der Waals surface area contributed by atoms with E-state index in [0.29, 0.717) is 30.3 Å². The van der Waals surface area contributed by atoms with Crippen molar-refractivity contribution in [2.45, 2.75) is 64.1 Å². The van der Waals surface area contributed by atoms with Crippen molar-refractivity contribution in [3.8, 4) is 11.1 Å². The summed E-state index contributed by atoms with van der Waals surface area (Å²) in [7, 11) is -3.91. The van der Waals surface area contributed by atoms with Crippen LogP contribution in [0, 0.1) is 5.41 Å². The fraction of sp³-hybridized carbons (Fsp3) is 0.440. The molecule has 1 aliphatic rings. The van der Waals surface area contributed by atoms with E-state index in [1.54, 1.807) is 10.6 Å². The summed E-state index contributed by atoms with van der Waals surface area (Å²) in [5.74, 6) is 0. The van der Waals surface area contributed by atoms with E-state index >= 15 is 0 Å². The van der Waals surface area contributed by atoms with Crippen LogP contribution in [0.3, 0.4) is 0 Å². The van der Waals surface area contributed by atoms with Crippen LogP contribution in [0.1, 0.15) is 50.8 Å². The van der Waals surface area contributed by atoms with Crippen LogP contribution in [0.15, 0.2) is 48.7 Å². The van der Waals surface area contributed by atoms with Gasteiger partial charge in [0.05, 0.1) is 10.8 Å². The molecule has 1 heterocycles. The maximum atomic E-state index is 14.1. The van der Waals surface area contributed by atoms with Gasteiger partial charge in [-0.25, -0.2) is 21.9 Å². The quantitative estimate of drug-likeness (QED) is 0.354. The second-order valence-electron chi connectivity index (χ2n) is 10.2. The third kappa shape index (κ3) is 5.53. The smallest absolute Gasteiger partial charge is 0.347 e. The molecule has 4 nitrogen and oxygen atoms in total. The molecule has 0 bridgehead atoms. The Bertz CT molecular complexity index is 1340. The minimum atomic E-state index is -4.56. The third-order valence-electron chi connectivity index (χ3n) is 5.94. The fourth-order valence-corrected chi connectivity index (χ4v) is 5.79. The molecule has 3 aromatic rings. The lowest BCUT2D eigenvalue weighted by Gasteiger charge is -2.20. The molecule has 0 radical (unpaired) electrons. The molecule has 0 spiro atoms. The molecule has 0 amide bonds. The molecule has 1 N–H and O–H groups in total. The van der Waals surface area contributed by atoms with Gasteiger partial charge in [0.25, 0.3) is 6.43 Å². The number of nitrogens with zero attached hydrogens (tertiary/aromatic N) is 1. The van der Waals surface area contributed by atoms with Gasteiger partial charge < -0.3 is 4.57 Å². The van der Waals surface area contributed by atoms with E-state index in [1.165, 1.54) is 36.5 Å². The topological polar surface area (TPSA) is 51.1 Å². The number of benzene rings is 2. The highest BCUT2D eigenvalue weighted by molar-refractivity contribution is 7.90. The summed E-state index contributed by atoms with van der Waals surface area (Å²) >= 11 is 0. The number of nitrogens with one attached hydrogen (secondary N) is 1. The largest absolute Gasteiger partial charge is 0.417 e. The number of hydrogen-bond donors (Lipinski definition) is 1. The summed E-state index contributed by atoms with van der Waals surface area (Å²) in [5.41, 5.74) is -0.253. The van der Waals surface area contributed by atoms with E-state index < -0.39 is 39.5 Å². The Balaban J connectivity index is 1.88. The van der Waals surface area contributed by atoms with E-state index in [0.717, 1.165) is 6.07 Å². The van der Waals surface area contributed by atoms with E-state index in [1.807, 2.05) is 20.8 Å². The summed E-state index contributed by atoms with van der Waals surface area (Å²) in [6.07, 6.45) is -5.23. The second-order valence-corrected chi connectivity index (χ2v) is 12.2. The van der Waals surface area contributed by atoms with Gasteiger partial charge >= 0.3 is 6.18 Å². The minimum absolute atomic E-state index is 0.0215. The predicted octanol–water partition coefficient (Wildman–Crippen LogP) is 6.76. The zero-order valence-corrected chi connectivity index (χ0v) is 20.4. The number of alkyl halides is 5. The average Bonchev–Trinajstić information content (AvgIpc) is 3.55. The van der Waals surface area contributed by atoms with Crippen LogP contribution >= 0.6 is 0 Å². The van der Waals surface area contributed by atoms with Crippen LogP contribution in [-0.4, -0.2) is 24.7 Å². The SMILES string of the molecule is CC(C)(C)Cn1cc([C@@H](NS(=O)(=O)C2CC2)C(F)F)c2ccc(-c3ccccc3C(F)(F)F)cc21. The molecule has 4 rings (SSSR count). The van der Waals surface area contributed by atoms with E-state index in [-0.39, 0.29) is 22.1 Å². The molecule has 1 aromatic heterocycles. The highest BCUT2D eigenvalue weighted by Gasteiger charge is 2.40. The summed E-state index contributed by atoms with van der Waals surface area (Å²) in [6.45, 7) is 6.23. The van der Waals surface area contributed by atoms with Crippen molar-refractivity contribution in [2.24, 2.45) is 5.41 Å². The summed E-state index contributed by atoms with van der Waals surface area (Å²) in [4.78, 5) is 0. The van der Waals surface area contributed by atoms with Gasteiger partial charge in [0.2, 0.25) is 10.0 Å². The molecule has 10 heteroatoms. The number of hydrogen-bond acceptors (Lipinski definition) is 2. The Labute approximate surface area is 201 Å². The normalized spacial score (nSPS) is 16.3. The van der Waals surface area contributed by atoms with Crippen LogP contribution in [0.4, 0.5) is 22.0 Å². The number of sulfonamides is 1. The first-order valence-electron chi connectivity index (χ1n) is 11.3. The fourth-order valence-electron chi connectivity index (χ4n) is 4.26. The molecule has 190 valence electrons. The Morgan fingerprint density at radius 1 is 1.06 bits per heavy atom. The van der Waals surface area contributed by atoms with Crippen LogP contribution in [-0.2, 0) is 22.7 Å². The van der Waals surface area contributed by atoms with E-state index in [9.17, 15) is 30.4 Å². The molecule has 0 aliphatic heterocycles. The number of fused-ring (bicyclic) bond motifs is 1. The summed E-state index contributed by atoms with van der Waals surface area (Å²) in [6, 6.07) is 7.92. The standard InChI is InChI=1S/C25H27F5N2O2S/c1-24(2,3)14-32-13-19(22(23(26)27)31-35(33,34)16-9-10-16)18-11-8-15(12-21(18)32)17-6-4-5-7-20(17)25(28,29)30/h4-8,11-13,16,22-23,31H,9-10,14H2,1-3H3/t22-/m1/s1.